The minimum absolute atomic E-state index is 0.0298. The second-order valence-electron chi connectivity index (χ2n) is 8.84. The maximum absolute atomic E-state index is 13.0. The zero-order valence-corrected chi connectivity index (χ0v) is 23.4. The van der Waals surface area contributed by atoms with E-state index in [9.17, 15) is 21.6 Å². The molecule has 1 atom stereocenters. The average Bonchev–Trinajstić information content (AvgIpc) is 2.86. The molecule has 3 aromatic rings. The summed E-state index contributed by atoms with van der Waals surface area (Å²) in [5.41, 5.74) is 1.50. The van der Waals surface area contributed by atoms with Gasteiger partial charge in [0.25, 0.3) is 10.0 Å². The van der Waals surface area contributed by atoms with Gasteiger partial charge in [-0.15, -0.1) is 0 Å². The molecule has 1 aliphatic rings. The fourth-order valence-electron chi connectivity index (χ4n) is 3.98. The first kappa shape index (κ1) is 28.2. The number of benzene rings is 2. The van der Waals surface area contributed by atoms with Gasteiger partial charge in [0.1, 0.15) is 0 Å². The Morgan fingerprint density at radius 3 is 2.47 bits per heavy atom. The van der Waals surface area contributed by atoms with Gasteiger partial charge < -0.3 is 5.32 Å². The Kier molecular flexibility index (Phi) is 8.58. The van der Waals surface area contributed by atoms with E-state index >= 15 is 0 Å². The first-order valence-electron chi connectivity index (χ1n) is 11.6. The number of sulfonamides is 2. The lowest BCUT2D eigenvalue weighted by Crippen LogP contribution is -2.44. The van der Waals surface area contributed by atoms with E-state index in [2.05, 4.69) is 20.0 Å². The number of nitrogens with zero attached hydrogens (tertiary/aromatic N) is 3. The molecule has 0 radical (unpaired) electrons. The van der Waals surface area contributed by atoms with E-state index in [1.54, 1.807) is 25.1 Å². The normalized spacial score (nSPS) is 16.7. The number of aromatic nitrogens is 2. The topological polar surface area (TPSA) is 138 Å². The summed E-state index contributed by atoms with van der Waals surface area (Å²) in [7, 11) is -7.62. The van der Waals surface area contributed by atoms with Crippen LogP contribution in [-0.4, -0.2) is 50.1 Å². The molecule has 4 rings (SSSR count). The third-order valence-corrected chi connectivity index (χ3v) is 9.83. The smallest absolute Gasteiger partial charge is 0.264 e. The summed E-state index contributed by atoms with van der Waals surface area (Å²) in [4.78, 5) is 20.8. The monoisotopic (exact) mass is 597 g/mol. The largest absolute Gasteiger partial charge is 0.326 e. The fourth-order valence-corrected chi connectivity index (χ4v) is 6.85. The number of aryl methyl sites for hydroxylation is 1. The first-order chi connectivity index (χ1) is 17.9. The standard InChI is InChI=1S/C24H25Cl2N5O5S2/c1-16-10-11-27-24(28-16)30-38(35,36)20-7-5-19(6-8-20)29-23(32)18-3-2-12-31(14-18)37(33,34)15-17-4-9-21(25)22(26)13-17/h4-11,13,18H,2-3,12,14-15H2,1H3,(H,29,32)(H,27,28,30)/t18-/m1/s1. The van der Waals surface area contributed by atoms with E-state index in [4.69, 9.17) is 23.2 Å². The second kappa shape index (κ2) is 11.5. The van der Waals surface area contributed by atoms with Crippen molar-refractivity contribution in [3.63, 3.8) is 0 Å². The van der Waals surface area contributed by atoms with Crippen LogP contribution in [0, 0.1) is 12.8 Å². The summed E-state index contributed by atoms with van der Waals surface area (Å²) in [5.74, 6) is -1.20. The minimum atomic E-state index is -3.93. The van der Waals surface area contributed by atoms with Crippen LogP contribution < -0.4 is 10.0 Å². The molecule has 1 aromatic heterocycles. The zero-order chi connectivity index (χ0) is 27.5. The predicted molar refractivity (Wildman–Crippen MR) is 146 cm³/mol. The average molecular weight is 599 g/mol. The molecule has 202 valence electrons. The van der Waals surface area contributed by atoms with Gasteiger partial charge in [0, 0.05) is 30.7 Å². The van der Waals surface area contributed by atoms with Gasteiger partial charge in [-0.25, -0.2) is 35.8 Å². The summed E-state index contributed by atoms with van der Waals surface area (Å²) in [6, 6.07) is 11.9. The molecule has 1 amide bonds. The lowest BCUT2D eigenvalue weighted by molar-refractivity contribution is -0.120. The maximum Gasteiger partial charge on any atom is 0.264 e. The lowest BCUT2D eigenvalue weighted by atomic mass is 9.99. The molecule has 0 bridgehead atoms. The number of carbonyl (C=O) groups is 1. The number of hydrogen-bond donors (Lipinski definition) is 2. The number of hydrogen-bond acceptors (Lipinski definition) is 7. The highest BCUT2D eigenvalue weighted by atomic mass is 35.5. The van der Waals surface area contributed by atoms with Gasteiger partial charge in [-0.1, -0.05) is 29.3 Å². The molecule has 2 aromatic carbocycles. The van der Waals surface area contributed by atoms with E-state index < -0.39 is 26.0 Å². The van der Waals surface area contributed by atoms with Crippen molar-refractivity contribution in [2.75, 3.05) is 23.1 Å². The van der Waals surface area contributed by atoms with Crippen molar-refractivity contribution >= 4 is 60.8 Å². The summed E-state index contributed by atoms with van der Waals surface area (Å²) in [6.45, 7) is 2.08. The van der Waals surface area contributed by atoms with Crippen molar-refractivity contribution < 1.29 is 21.6 Å². The molecule has 14 heteroatoms. The molecule has 1 saturated heterocycles. The minimum Gasteiger partial charge on any atom is -0.326 e. The quantitative estimate of drug-likeness (QED) is 0.399. The van der Waals surface area contributed by atoms with Crippen LogP contribution in [0.3, 0.4) is 0 Å². The number of rotatable bonds is 8. The summed E-state index contributed by atoms with van der Waals surface area (Å²) in [6.07, 6.45) is 2.50. The first-order valence-corrected chi connectivity index (χ1v) is 15.4. The van der Waals surface area contributed by atoms with Crippen LogP contribution in [0.4, 0.5) is 11.6 Å². The van der Waals surface area contributed by atoms with Crippen LogP contribution in [0.1, 0.15) is 24.1 Å². The van der Waals surface area contributed by atoms with Crippen LogP contribution in [0.2, 0.25) is 10.0 Å². The Balaban J connectivity index is 1.38. The zero-order valence-electron chi connectivity index (χ0n) is 20.3. The van der Waals surface area contributed by atoms with E-state index in [0.717, 1.165) is 0 Å². The van der Waals surface area contributed by atoms with Gasteiger partial charge in [-0.3, -0.25) is 4.79 Å². The number of nitrogens with one attached hydrogen (secondary N) is 2. The van der Waals surface area contributed by atoms with Crippen LogP contribution in [0.5, 0.6) is 0 Å². The van der Waals surface area contributed by atoms with Crippen LogP contribution in [0.25, 0.3) is 0 Å². The Morgan fingerprint density at radius 1 is 1.05 bits per heavy atom. The van der Waals surface area contributed by atoms with Crippen molar-refractivity contribution in [2.45, 2.75) is 30.4 Å². The molecule has 10 nitrogen and oxygen atoms in total. The van der Waals surface area contributed by atoms with Gasteiger partial charge in [-0.2, -0.15) is 0 Å². The van der Waals surface area contributed by atoms with Crippen LogP contribution >= 0.6 is 23.2 Å². The van der Waals surface area contributed by atoms with Gasteiger partial charge >= 0.3 is 0 Å². The number of amides is 1. The summed E-state index contributed by atoms with van der Waals surface area (Å²) in [5, 5.41) is 3.36. The Bertz CT molecular complexity index is 1550. The number of anilines is 2. The Morgan fingerprint density at radius 2 is 1.79 bits per heavy atom. The molecule has 38 heavy (non-hydrogen) atoms. The van der Waals surface area contributed by atoms with Gasteiger partial charge in [0.05, 0.1) is 26.6 Å². The lowest BCUT2D eigenvalue weighted by Gasteiger charge is -2.31. The molecule has 0 aliphatic carbocycles. The van der Waals surface area contributed by atoms with E-state index in [0.29, 0.717) is 41.4 Å². The molecular weight excluding hydrogens is 573 g/mol. The number of carbonyl (C=O) groups excluding carboxylic acids is 1. The molecule has 2 heterocycles. The van der Waals surface area contributed by atoms with E-state index in [1.165, 1.54) is 40.8 Å². The van der Waals surface area contributed by atoms with Gasteiger partial charge in [0.15, 0.2) is 0 Å². The van der Waals surface area contributed by atoms with Crippen molar-refractivity contribution in [2.24, 2.45) is 5.92 Å². The van der Waals surface area contributed by atoms with Crippen molar-refractivity contribution in [3.05, 3.63) is 76.0 Å². The summed E-state index contributed by atoms with van der Waals surface area (Å²) < 4.78 is 54.9. The SMILES string of the molecule is Cc1ccnc(NS(=O)(=O)c2ccc(NC(=O)[C@@H]3CCCN(S(=O)(=O)Cc4ccc(Cl)c(Cl)c4)C3)cc2)n1. The second-order valence-corrected chi connectivity index (χ2v) is 13.3. The molecule has 0 unspecified atom stereocenters. The van der Waals surface area contributed by atoms with E-state index in [-0.39, 0.29) is 34.1 Å². The highest BCUT2D eigenvalue weighted by molar-refractivity contribution is 7.92. The Hall–Kier alpha value is -2.77. The highest BCUT2D eigenvalue weighted by Gasteiger charge is 2.32. The van der Waals surface area contributed by atoms with Crippen molar-refractivity contribution in [1.82, 2.24) is 14.3 Å². The van der Waals surface area contributed by atoms with Crippen LogP contribution in [-0.2, 0) is 30.6 Å². The molecular formula is C24H25Cl2N5O5S2. The molecule has 2 N–H and O–H groups in total. The molecule has 0 spiro atoms. The van der Waals surface area contributed by atoms with Crippen molar-refractivity contribution in [3.8, 4) is 0 Å². The predicted octanol–water partition coefficient (Wildman–Crippen LogP) is 4.07. The third kappa shape index (κ3) is 7.00. The van der Waals surface area contributed by atoms with E-state index in [1.807, 2.05) is 0 Å². The highest BCUT2D eigenvalue weighted by Crippen LogP contribution is 2.27. The van der Waals surface area contributed by atoms with Gasteiger partial charge in [0.2, 0.25) is 21.9 Å². The molecule has 1 aliphatic heterocycles. The van der Waals surface area contributed by atoms with Crippen LogP contribution in [0.15, 0.2) is 59.6 Å². The van der Waals surface area contributed by atoms with Crippen molar-refractivity contribution in [1.29, 1.82) is 0 Å². The Labute approximate surface area is 231 Å². The number of halogens is 2. The number of piperidine rings is 1. The fraction of sp³-hybridized carbons (Fsp3) is 0.292. The van der Waals surface area contributed by atoms with Gasteiger partial charge in [-0.05, 0) is 67.8 Å². The molecule has 1 fully saturated rings. The third-order valence-electron chi connectivity index (χ3n) is 5.93. The maximum atomic E-state index is 13.0. The molecule has 0 saturated carbocycles. The summed E-state index contributed by atoms with van der Waals surface area (Å²) >= 11 is 11.9.